The van der Waals surface area contributed by atoms with Crippen molar-refractivity contribution < 1.29 is 4.79 Å². The molecular formula is C23H30N4OS. The Balaban J connectivity index is 1.87. The van der Waals surface area contributed by atoms with Crippen LogP contribution in [0.3, 0.4) is 0 Å². The summed E-state index contributed by atoms with van der Waals surface area (Å²) in [5, 5.41) is 4.13. The number of hydrogen-bond acceptors (Lipinski definition) is 5. The molecule has 154 valence electrons. The Labute approximate surface area is 177 Å². The molecule has 1 atom stereocenters. The number of hydrogen-bond donors (Lipinski definition) is 1. The molecule has 1 amide bonds. The molecule has 0 bridgehead atoms. The maximum Gasteiger partial charge on any atom is 0.261 e. The molecule has 6 heteroatoms. The maximum absolute atomic E-state index is 13.0. The minimum Gasteiger partial charge on any atom is -0.349 e. The Kier molecular flexibility index (Phi) is 6.05. The van der Waals surface area contributed by atoms with Gasteiger partial charge in [-0.3, -0.25) is 4.79 Å². The van der Waals surface area contributed by atoms with Crippen LogP contribution in [-0.4, -0.2) is 41.4 Å². The highest BCUT2D eigenvalue weighted by atomic mass is 32.1. The molecule has 0 radical (unpaired) electrons. The topological polar surface area (TPSA) is 58.1 Å². The first-order valence-corrected chi connectivity index (χ1v) is 10.7. The fourth-order valence-electron chi connectivity index (χ4n) is 3.43. The van der Waals surface area contributed by atoms with Gasteiger partial charge in [0.25, 0.3) is 5.91 Å². The first-order chi connectivity index (χ1) is 13.6. The molecule has 2 heterocycles. The van der Waals surface area contributed by atoms with Crippen molar-refractivity contribution in [2.75, 3.05) is 20.6 Å². The third-order valence-corrected chi connectivity index (χ3v) is 6.30. The smallest absolute Gasteiger partial charge is 0.261 e. The van der Waals surface area contributed by atoms with Crippen LogP contribution < -0.4 is 5.32 Å². The van der Waals surface area contributed by atoms with E-state index in [0.717, 1.165) is 27.3 Å². The first kappa shape index (κ1) is 21.4. The number of aryl methyl sites for hydroxylation is 2. The number of aromatic nitrogens is 2. The van der Waals surface area contributed by atoms with Crippen molar-refractivity contribution in [3.63, 3.8) is 0 Å². The summed E-state index contributed by atoms with van der Waals surface area (Å²) in [6.07, 6.45) is 0. The van der Waals surface area contributed by atoms with Gasteiger partial charge < -0.3 is 10.2 Å². The Morgan fingerprint density at radius 2 is 1.79 bits per heavy atom. The van der Waals surface area contributed by atoms with Gasteiger partial charge in [-0.25, -0.2) is 9.97 Å². The highest BCUT2D eigenvalue weighted by molar-refractivity contribution is 7.20. The van der Waals surface area contributed by atoms with Gasteiger partial charge in [0, 0.05) is 17.3 Å². The summed E-state index contributed by atoms with van der Waals surface area (Å²) >= 11 is 1.46. The van der Waals surface area contributed by atoms with E-state index in [4.69, 9.17) is 9.97 Å². The lowest BCUT2D eigenvalue weighted by Gasteiger charge is -2.25. The predicted octanol–water partition coefficient (Wildman–Crippen LogP) is 4.64. The molecular weight excluding hydrogens is 380 g/mol. The number of carbonyl (C=O) groups excluding carboxylic acids is 1. The van der Waals surface area contributed by atoms with Gasteiger partial charge in [0.15, 0.2) is 0 Å². The van der Waals surface area contributed by atoms with Gasteiger partial charge in [0.05, 0.1) is 16.6 Å². The van der Waals surface area contributed by atoms with E-state index >= 15 is 0 Å². The number of benzene rings is 1. The molecule has 2 aromatic heterocycles. The molecule has 5 nitrogen and oxygen atoms in total. The zero-order chi connectivity index (χ0) is 21.3. The standard InChI is InChI=1S/C23H30N4OS/c1-14-18-15(2)25-22(23(3,4)5)26-21(18)29-19(14)20(28)24-13-17(27(6)7)16-11-9-8-10-12-16/h8-12,17H,13H2,1-7H3,(H,24,28). The molecule has 0 saturated carbocycles. The summed E-state index contributed by atoms with van der Waals surface area (Å²) in [7, 11) is 4.06. The lowest BCUT2D eigenvalue weighted by molar-refractivity contribution is 0.0945. The largest absolute Gasteiger partial charge is 0.349 e. The molecule has 1 N–H and O–H groups in total. The zero-order valence-corrected chi connectivity index (χ0v) is 19.1. The van der Waals surface area contributed by atoms with Crippen molar-refractivity contribution in [3.05, 3.63) is 57.9 Å². The van der Waals surface area contributed by atoms with Crippen LogP contribution in [0.25, 0.3) is 10.2 Å². The number of carbonyl (C=O) groups is 1. The van der Waals surface area contributed by atoms with Crippen molar-refractivity contribution in [1.29, 1.82) is 0 Å². The van der Waals surface area contributed by atoms with Crippen molar-refractivity contribution in [1.82, 2.24) is 20.2 Å². The van der Waals surface area contributed by atoms with E-state index in [-0.39, 0.29) is 17.4 Å². The third-order valence-electron chi connectivity index (χ3n) is 5.11. The molecule has 0 aliphatic carbocycles. The average Bonchev–Trinajstić information content (AvgIpc) is 2.99. The van der Waals surface area contributed by atoms with Gasteiger partial charge in [-0.2, -0.15) is 0 Å². The molecule has 29 heavy (non-hydrogen) atoms. The zero-order valence-electron chi connectivity index (χ0n) is 18.3. The number of fused-ring (bicyclic) bond motifs is 1. The highest BCUT2D eigenvalue weighted by Crippen LogP contribution is 2.33. The Morgan fingerprint density at radius 1 is 1.14 bits per heavy atom. The number of nitrogens with one attached hydrogen (secondary N) is 1. The van der Waals surface area contributed by atoms with E-state index in [1.807, 2.05) is 46.1 Å². The summed E-state index contributed by atoms with van der Waals surface area (Å²) < 4.78 is 0. The van der Waals surface area contributed by atoms with Crippen LogP contribution in [0.5, 0.6) is 0 Å². The summed E-state index contributed by atoms with van der Waals surface area (Å²) in [6, 6.07) is 10.4. The van der Waals surface area contributed by atoms with Crippen LogP contribution in [0.4, 0.5) is 0 Å². The molecule has 3 aromatic rings. The van der Waals surface area contributed by atoms with E-state index < -0.39 is 0 Å². The molecule has 0 fully saturated rings. The lowest BCUT2D eigenvalue weighted by Crippen LogP contribution is -2.34. The van der Waals surface area contributed by atoms with Crippen molar-refractivity contribution in [2.24, 2.45) is 0 Å². The van der Waals surface area contributed by atoms with Crippen LogP contribution >= 0.6 is 11.3 Å². The second-order valence-corrected chi connectivity index (χ2v) is 9.72. The van der Waals surface area contributed by atoms with Gasteiger partial charge in [-0.05, 0) is 39.1 Å². The summed E-state index contributed by atoms with van der Waals surface area (Å²) in [5.41, 5.74) is 2.94. The van der Waals surface area contributed by atoms with E-state index in [9.17, 15) is 4.79 Å². The molecule has 0 saturated heterocycles. The molecule has 1 aromatic carbocycles. The van der Waals surface area contributed by atoms with Crippen LogP contribution in [-0.2, 0) is 5.41 Å². The van der Waals surface area contributed by atoms with Gasteiger partial charge >= 0.3 is 0 Å². The van der Waals surface area contributed by atoms with E-state index in [1.54, 1.807) is 0 Å². The normalized spacial score (nSPS) is 13.1. The summed E-state index contributed by atoms with van der Waals surface area (Å²) in [5.74, 6) is 0.762. The van der Waals surface area contributed by atoms with Gasteiger partial charge in [0.2, 0.25) is 0 Å². The number of rotatable bonds is 5. The summed E-state index contributed by atoms with van der Waals surface area (Å²) in [6.45, 7) is 10.8. The lowest BCUT2D eigenvalue weighted by atomic mass is 9.95. The maximum atomic E-state index is 13.0. The predicted molar refractivity (Wildman–Crippen MR) is 121 cm³/mol. The molecule has 0 aliphatic rings. The van der Waals surface area contributed by atoms with Gasteiger partial charge in [-0.15, -0.1) is 11.3 Å². The summed E-state index contributed by atoms with van der Waals surface area (Å²) in [4.78, 5) is 26.2. The van der Waals surface area contributed by atoms with Gasteiger partial charge in [-0.1, -0.05) is 51.1 Å². The quantitative estimate of drug-likeness (QED) is 0.666. The average molecular weight is 411 g/mol. The minimum atomic E-state index is -0.131. The highest BCUT2D eigenvalue weighted by Gasteiger charge is 2.24. The fraction of sp³-hybridized carbons (Fsp3) is 0.435. The second-order valence-electron chi connectivity index (χ2n) is 8.72. The number of likely N-dealkylation sites (N-methyl/N-ethyl adjacent to an activating group) is 1. The van der Waals surface area contributed by atoms with Crippen LogP contribution in [0.1, 0.15) is 59.1 Å². The molecule has 1 unspecified atom stereocenters. The van der Waals surface area contributed by atoms with Crippen LogP contribution in [0.2, 0.25) is 0 Å². The fourth-order valence-corrected chi connectivity index (χ4v) is 4.58. The van der Waals surface area contributed by atoms with E-state index in [2.05, 4.69) is 43.1 Å². The Hall–Kier alpha value is -2.31. The third kappa shape index (κ3) is 4.49. The SMILES string of the molecule is Cc1nc(C(C)(C)C)nc2sc(C(=O)NCC(c3ccccc3)N(C)C)c(C)c12. The Bertz CT molecular complexity index is 1020. The molecule has 3 rings (SSSR count). The minimum absolute atomic E-state index is 0.0509. The number of amides is 1. The van der Waals surface area contributed by atoms with Crippen molar-refractivity contribution >= 4 is 27.5 Å². The van der Waals surface area contributed by atoms with Crippen molar-refractivity contribution in [2.45, 2.75) is 46.1 Å². The van der Waals surface area contributed by atoms with Gasteiger partial charge in [0.1, 0.15) is 10.7 Å². The van der Waals surface area contributed by atoms with Crippen LogP contribution in [0.15, 0.2) is 30.3 Å². The molecule has 0 spiro atoms. The monoisotopic (exact) mass is 410 g/mol. The number of nitrogens with zero attached hydrogens (tertiary/aromatic N) is 3. The van der Waals surface area contributed by atoms with Crippen LogP contribution in [0, 0.1) is 13.8 Å². The number of thiophene rings is 1. The molecule has 0 aliphatic heterocycles. The van der Waals surface area contributed by atoms with E-state index in [1.165, 1.54) is 16.9 Å². The first-order valence-electron chi connectivity index (χ1n) is 9.87. The Morgan fingerprint density at radius 3 is 2.38 bits per heavy atom. The van der Waals surface area contributed by atoms with Crippen molar-refractivity contribution in [3.8, 4) is 0 Å². The van der Waals surface area contributed by atoms with E-state index in [0.29, 0.717) is 11.4 Å². The second kappa shape index (κ2) is 8.20.